The van der Waals surface area contributed by atoms with Gasteiger partial charge in [-0.25, -0.2) is 28.1 Å². The highest BCUT2D eigenvalue weighted by Crippen LogP contribution is 1.98. The molecule has 0 bridgehead atoms. The lowest BCUT2D eigenvalue weighted by molar-refractivity contribution is 0.0850. The zero-order valence-corrected chi connectivity index (χ0v) is 23.0. The smallest absolute Gasteiger partial charge is 0.336 e. The third-order valence-electron chi connectivity index (χ3n) is 6.66. The molecule has 0 aliphatic heterocycles. The van der Waals surface area contributed by atoms with Gasteiger partial charge in [-0.05, 0) is 39.3 Å². The minimum absolute atomic E-state index is 0.257. The first kappa shape index (κ1) is 32.2. The van der Waals surface area contributed by atoms with Crippen LogP contribution in [0.25, 0.3) is 0 Å². The second-order valence-electron chi connectivity index (χ2n) is 9.10. The van der Waals surface area contributed by atoms with Crippen molar-refractivity contribution >= 4 is 0 Å². The van der Waals surface area contributed by atoms with E-state index in [1.807, 2.05) is 56.2 Å². The van der Waals surface area contributed by atoms with Crippen LogP contribution >= 0.6 is 0 Å². The summed E-state index contributed by atoms with van der Waals surface area (Å²) >= 11 is 0. The summed E-state index contributed by atoms with van der Waals surface area (Å²) in [4.78, 5) is 45.6. The normalized spacial score (nSPS) is 14.7. The Balaban J connectivity index is 3.45. The Labute approximate surface area is 214 Å². The lowest BCUT2D eigenvalue weighted by atomic mass is 10.3. The zero-order chi connectivity index (χ0) is 27.4. The molecule has 1 aromatic heterocycles. The number of hydrogen-bond donors (Lipinski definition) is 3. The molecule has 210 valence electrons. The van der Waals surface area contributed by atoms with Gasteiger partial charge in [0.25, 0.3) is 0 Å². The molecule has 12 heteroatoms. The number of rotatable bonds is 18. The van der Waals surface area contributed by atoms with Gasteiger partial charge in [0.2, 0.25) is 0 Å². The molecule has 0 radical (unpaired) electrons. The van der Waals surface area contributed by atoms with Gasteiger partial charge in [0, 0.05) is 19.6 Å². The molecule has 0 saturated carbocycles. The highest BCUT2D eigenvalue weighted by atomic mass is 16.3. The Morgan fingerprint density at radius 3 is 0.861 bits per heavy atom. The van der Waals surface area contributed by atoms with E-state index >= 15 is 0 Å². The number of aromatic nitrogens is 3. The molecule has 1 heterocycles. The predicted molar refractivity (Wildman–Crippen MR) is 141 cm³/mol. The minimum atomic E-state index is -1.02. The van der Waals surface area contributed by atoms with Gasteiger partial charge in [0.15, 0.2) is 0 Å². The minimum Gasteiger partial charge on any atom is -0.390 e. The van der Waals surface area contributed by atoms with Crippen molar-refractivity contribution in [1.82, 2.24) is 28.4 Å². The second kappa shape index (κ2) is 16.1. The highest BCUT2D eigenvalue weighted by Gasteiger charge is 2.23. The molecule has 0 unspecified atom stereocenters. The van der Waals surface area contributed by atoms with E-state index in [0.717, 1.165) is 13.7 Å². The molecule has 1 aromatic rings. The summed E-state index contributed by atoms with van der Waals surface area (Å²) in [7, 11) is 0. The van der Waals surface area contributed by atoms with Crippen LogP contribution in [0.1, 0.15) is 41.5 Å². The molecule has 0 aliphatic rings. The van der Waals surface area contributed by atoms with E-state index in [4.69, 9.17) is 0 Å². The summed E-state index contributed by atoms with van der Waals surface area (Å²) in [5.41, 5.74) is -2.63. The molecule has 0 aliphatic carbocycles. The molecule has 12 nitrogen and oxygen atoms in total. The van der Waals surface area contributed by atoms with Crippen LogP contribution in [0.15, 0.2) is 14.4 Å². The van der Waals surface area contributed by atoms with Crippen LogP contribution in [0.5, 0.6) is 0 Å². The molecule has 0 spiro atoms. The van der Waals surface area contributed by atoms with Crippen LogP contribution in [-0.4, -0.2) is 121 Å². The molecule has 0 saturated heterocycles. The standard InChI is InChI=1S/C24H48N6O6/c1-7-25(8-2)13-19(31)16-28-22(34)29(17-20(32)14-26(9-3)10-4)24(36)30(23(28)35)18-21(33)15-27(11-5)12-6/h19-21,31-33H,7-18H2,1-6H3/t19-,20-,21+/m0/s1. The van der Waals surface area contributed by atoms with Crippen molar-refractivity contribution in [3.8, 4) is 0 Å². The molecule has 0 amide bonds. The van der Waals surface area contributed by atoms with Gasteiger partial charge >= 0.3 is 17.1 Å². The fourth-order valence-corrected chi connectivity index (χ4v) is 4.30. The number of aliphatic hydroxyl groups is 3. The third kappa shape index (κ3) is 9.24. The molecule has 3 atom stereocenters. The quantitative estimate of drug-likeness (QED) is 0.208. The number of nitrogens with zero attached hydrogens (tertiary/aromatic N) is 6. The van der Waals surface area contributed by atoms with Gasteiger partial charge in [-0.2, -0.15) is 0 Å². The number of hydrogen-bond acceptors (Lipinski definition) is 9. The molecular formula is C24H48N6O6. The summed E-state index contributed by atoms with van der Waals surface area (Å²) in [6.45, 7) is 15.7. The van der Waals surface area contributed by atoms with E-state index in [0.29, 0.717) is 39.3 Å². The van der Waals surface area contributed by atoms with Crippen molar-refractivity contribution in [2.24, 2.45) is 0 Å². The van der Waals surface area contributed by atoms with Gasteiger partial charge in [0.05, 0.1) is 37.9 Å². The van der Waals surface area contributed by atoms with Crippen LogP contribution in [0, 0.1) is 0 Å². The summed E-state index contributed by atoms with van der Waals surface area (Å²) < 4.78 is 2.51. The first-order chi connectivity index (χ1) is 17.1. The second-order valence-corrected chi connectivity index (χ2v) is 9.10. The SMILES string of the molecule is CCN(CC)C[C@@H](O)Cn1c(=O)n(C[C@@H](O)CN(CC)CC)c(=O)n(C[C@@H](O)CN(CC)CC)c1=O. The van der Waals surface area contributed by atoms with Gasteiger partial charge < -0.3 is 30.0 Å². The van der Waals surface area contributed by atoms with Crippen molar-refractivity contribution < 1.29 is 15.3 Å². The van der Waals surface area contributed by atoms with Gasteiger partial charge in [-0.15, -0.1) is 0 Å². The van der Waals surface area contributed by atoms with Crippen LogP contribution < -0.4 is 17.1 Å². The molecule has 36 heavy (non-hydrogen) atoms. The van der Waals surface area contributed by atoms with Gasteiger partial charge in [-0.1, -0.05) is 41.5 Å². The first-order valence-corrected chi connectivity index (χ1v) is 13.2. The van der Waals surface area contributed by atoms with E-state index in [9.17, 15) is 29.7 Å². The van der Waals surface area contributed by atoms with E-state index < -0.39 is 35.4 Å². The third-order valence-corrected chi connectivity index (χ3v) is 6.66. The maximum atomic E-state index is 13.2. The van der Waals surface area contributed by atoms with E-state index in [1.165, 1.54) is 0 Å². The largest absolute Gasteiger partial charge is 0.390 e. The Bertz CT molecular complexity index is 783. The Kier molecular flexibility index (Phi) is 14.4. The summed E-state index contributed by atoms with van der Waals surface area (Å²) in [5, 5.41) is 31.8. The van der Waals surface area contributed by atoms with Crippen molar-refractivity contribution in [3.05, 3.63) is 31.5 Å². The monoisotopic (exact) mass is 516 g/mol. The van der Waals surface area contributed by atoms with Crippen LogP contribution in [0.4, 0.5) is 0 Å². The summed E-state index contributed by atoms with van der Waals surface area (Å²) in [6.07, 6.45) is -3.05. The van der Waals surface area contributed by atoms with E-state index in [2.05, 4.69) is 0 Å². The summed E-state index contributed by atoms with van der Waals surface area (Å²) in [6, 6.07) is 0. The molecular weight excluding hydrogens is 468 g/mol. The molecule has 0 aromatic carbocycles. The van der Waals surface area contributed by atoms with E-state index in [-0.39, 0.29) is 39.3 Å². The predicted octanol–water partition coefficient (Wildman–Crippen LogP) is -1.72. The Morgan fingerprint density at radius 2 is 0.694 bits per heavy atom. The van der Waals surface area contributed by atoms with Crippen LogP contribution in [0.2, 0.25) is 0 Å². The van der Waals surface area contributed by atoms with Crippen molar-refractivity contribution in [2.75, 3.05) is 58.9 Å². The van der Waals surface area contributed by atoms with Crippen molar-refractivity contribution in [3.63, 3.8) is 0 Å². The van der Waals surface area contributed by atoms with Crippen LogP contribution in [0.3, 0.4) is 0 Å². The number of aliphatic hydroxyl groups excluding tert-OH is 3. The Morgan fingerprint density at radius 1 is 0.500 bits per heavy atom. The summed E-state index contributed by atoms with van der Waals surface area (Å²) in [5.74, 6) is 0. The van der Waals surface area contributed by atoms with E-state index in [1.54, 1.807) is 0 Å². The highest BCUT2D eigenvalue weighted by molar-refractivity contribution is 4.83. The van der Waals surface area contributed by atoms with Crippen molar-refractivity contribution in [1.29, 1.82) is 0 Å². The molecule has 0 fully saturated rings. The topological polar surface area (TPSA) is 136 Å². The maximum absolute atomic E-state index is 13.2. The first-order valence-electron chi connectivity index (χ1n) is 13.2. The Hall–Kier alpha value is -1.83. The number of likely N-dealkylation sites (N-methyl/N-ethyl adjacent to an activating group) is 3. The lowest BCUT2D eigenvalue weighted by Gasteiger charge is -2.25. The van der Waals surface area contributed by atoms with Gasteiger partial charge in [0.1, 0.15) is 0 Å². The van der Waals surface area contributed by atoms with Crippen LogP contribution in [-0.2, 0) is 19.6 Å². The van der Waals surface area contributed by atoms with Gasteiger partial charge in [-0.3, -0.25) is 0 Å². The lowest BCUT2D eigenvalue weighted by Crippen LogP contribution is -2.58. The zero-order valence-electron chi connectivity index (χ0n) is 23.0. The van der Waals surface area contributed by atoms with Crippen molar-refractivity contribution in [2.45, 2.75) is 79.5 Å². The fraction of sp³-hybridized carbons (Fsp3) is 0.875. The maximum Gasteiger partial charge on any atom is 0.336 e. The fourth-order valence-electron chi connectivity index (χ4n) is 4.30. The average molecular weight is 517 g/mol. The molecule has 1 rings (SSSR count). The molecule has 3 N–H and O–H groups in total. The average Bonchev–Trinajstić information content (AvgIpc) is 2.87.